The Bertz CT molecular complexity index is 377. The van der Waals surface area contributed by atoms with E-state index in [0.717, 1.165) is 38.8 Å². The lowest BCUT2D eigenvalue weighted by Gasteiger charge is -2.47. The van der Waals surface area contributed by atoms with Crippen LogP contribution < -0.4 is 11.1 Å². The van der Waals surface area contributed by atoms with Gasteiger partial charge >= 0.3 is 6.03 Å². The van der Waals surface area contributed by atoms with Crippen LogP contribution >= 0.6 is 0 Å². The smallest absolute Gasteiger partial charge is 0.346 e. The Morgan fingerprint density at radius 2 is 2.35 bits per heavy atom. The molecule has 3 rings (SSSR count). The normalized spacial score (nSPS) is 37.7. The van der Waals surface area contributed by atoms with Gasteiger partial charge in [-0.15, -0.1) is 0 Å². The van der Waals surface area contributed by atoms with Gasteiger partial charge < -0.3 is 16.0 Å². The topological polar surface area (TPSA) is 70.7 Å². The SMILES string of the molecule is CCC1CNCCC12C(N)=NC(=O)N2C1CC1. The Morgan fingerprint density at radius 3 is 3.00 bits per heavy atom. The predicted molar refractivity (Wildman–Crippen MR) is 65.9 cm³/mol. The molecule has 0 aromatic heterocycles. The molecule has 0 aromatic rings. The van der Waals surface area contributed by atoms with E-state index >= 15 is 0 Å². The van der Waals surface area contributed by atoms with E-state index < -0.39 is 0 Å². The summed E-state index contributed by atoms with van der Waals surface area (Å²) >= 11 is 0. The molecule has 2 heterocycles. The molecule has 2 aliphatic heterocycles. The molecule has 2 amide bonds. The van der Waals surface area contributed by atoms with Crippen molar-refractivity contribution < 1.29 is 4.79 Å². The fourth-order valence-electron chi connectivity index (χ4n) is 3.43. The molecule has 1 aliphatic carbocycles. The van der Waals surface area contributed by atoms with E-state index in [0.29, 0.717) is 17.8 Å². The van der Waals surface area contributed by atoms with Crippen LogP contribution in [0.3, 0.4) is 0 Å². The third-order valence-corrected chi connectivity index (χ3v) is 4.45. The number of aliphatic imine (C=N–C) groups is 1. The highest BCUT2D eigenvalue weighted by molar-refractivity contribution is 6.06. The van der Waals surface area contributed by atoms with Crippen molar-refractivity contribution in [1.82, 2.24) is 10.2 Å². The van der Waals surface area contributed by atoms with Crippen LogP contribution in [0.4, 0.5) is 4.79 Å². The molecular formula is C12H20N4O. The maximum Gasteiger partial charge on any atom is 0.346 e. The number of nitrogens with zero attached hydrogens (tertiary/aromatic N) is 2. The van der Waals surface area contributed by atoms with Crippen molar-refractivity contribution in [1.29, 1.82) is 0 Å². The summed E-state index contributed by atoms with van der Waals surface area (Å²) in [5.74, 6) is 0.954. The molecule has 94 valence electrons. The minimum atomic E-state index is -0.280. The Hall–Kier alpha value is -1.10. The van der Waals surface area contributed by atoms with Crippen LogP contribution in [-0.2, 0) is 0 Å². The number of carbonyl (C=O) groups excluding carboxylic acids is 1. The van der Waals surface area contributed by atoms with Gasteiger partial charge in [-0.3, -0.25) is 0 Å². The zero-order valence-corrected chi connectivity index (χ0v) is 10.3. The summed E-state index contributed by atoms with van der Waals surface area (Å²) in [4.78, 5) is 18.1. The summed E-state index contributed by atoms with van der Waals surface area (Å²) < 4.78 is 0. The van der Waals surface area contributed by atoms with Gasteiger partial charge in [0.1, 0.15) is 11.4 Å². The number of hydrogen-bond acceptors (Lipinski definition) is 3. The molecule has 1 spiro atoms. The van der Waals surface area contributed by atoms with E-state index in [4.69, 9.17) is 5.73 Å². The lowest BCUT2D eigenvalue weighted by Crippen LogP contribution is -2.65. The zero-order chi connectivity index (χ0) is 12.0. The van der Waals surface area contributed by atoms with Gasteiger partial charge in [-0.05, 0) is 32.2 Å². The largest absolute Gasteiger partial charge is 0.385 e. The molecule has 5 heteroatoms. The first kappa shape index (κ1) is 11.0. The van der Waals surface area contributed by atoms with Gasteiger partial charge in [-0.25, -0.2) is 4.79 Å². The first-order valence-electron chi connectivity index (χ1n) is 6.58. The van der Waals surface area contributed by atoms with Crippen LogP contribution in [0.2, 0.25) is 0 Å². The second kappa shape index (κ2) is 3.70. The molecule has 2 atom stereocenters. The molecule has 0 bridgehead atoms. The van der Waals surface area contributed by atoms with Crippen LogP contribution in [0.25, 0.3) is 0 Å². The zero-order valence-electron chi connectivity index (χ0n) is 10.3. The number of urea groups is 1. The summed E-state index contributed by atoms with van der Waals surface area (Å²) in [7, 11) is 0. The van der Waals surface area contributed by atoms with Crippen LogP contribution in [0.1, 0.15) is 32.6 Å². The quantitative estimate of drug-likeness (QED) is 0.741. The summed E-state index contributed by atoms with van der Waals surface area (Å²) in [5, 5.41) is 3.40. The van der Waals surface area contributed by atoms with Crippen molar-refractivity contribution in [3.8, 4) is 0 Å². The highest BCUT2D eigenvalue weighted by Crippen LogP contribution is 2.44. The highest BCUT2D eigenvalue weighted by Gasteiger charge is 2.57. The molecule has 2 unspecified atom stereocenters. The average Bonchev–Trinajstić information content (AvgIpc) is 3.10. The average molecular weight is 236 g/mol. The molecule has 2 fully saturated rings. The fraction of sp³-hybridized carbons (Fsp3) is 0.833. The van der Waals surface area contributed by atoms with Crippen molar-refractivity contribution in [3.63, 3.8) is 0 Å². The van der Waals surface area contributed by atoms with E-state index in [1.165, 1.54) is 0 Å². The standard InChI is InChI=1S/C12H20N4O/c1-2-8-7-14-6-5-12(8)10(13)15-11(17)16(12)9-3-4-9/h8-9,14H,2-7H2,1H3,(H2,13,15,17). The summed E-state index contributed by atoms with van der Waals surface area (Å²) in [6, 6.07) is 0.282. The molecule has 5 nitrogen and oxygen atoms in total. The molecule has 3 N–H and O–H groups in total. The van der Waals surface area contributed by atoms with Crippen molar-refractivity contribution in [2.24, 2.45) is 16.6 Å². The summed E-state index contributed by atoms with van der Waals surface area (Å²) in [6.45, 7) is 4.02. The Labute approximate surface area is 101 Å². The third kappa shape index (κ3) is 1.41. The summed E-state index contributed by atoms with van der Waals surface area (Å²) in [5.41, 5.74) is 5.84. The number of piperidine rings is 1. The number of hydrogen-bond donors (Lipinski definition) is 2. The number of amidine groups is 1. The van der Waals surface area contributed by atoms with Gasteiger partial charge in [0.2, 0.25) is 0 Å². The minimum absolute atomic E-state index is 0.106. The van der Waals surface area contributed by atoms with Crippen molar-refractivity contribution in [3.05, 3.63) is 0 Å². The monoisotopic (exact) mass is 236 g/mol. The van der Waals surface area contributed by atoms with E-state index in [1.807, 2.05) is 4.90 Å². The minimum Gasteiger partial charge on any atom is -0.385 e. The number of nitrogens with one attached hydrogen (secondary N) is 1. The van der Waals surface area contributed by atoms with Gasteiger partial charge in [-0.1, -0.05) is 6.92 Å². The molecule has 1 saturated heterocycles. The predicted octanol–water partition coefficient (Wildman–Crippen LogP) is 0.700. The molecule has 3 aliphatic rings. The Kier molecular flexibility index (Phi) is 2.40. The lowest BCUT2D eigenvalue weighted by molar-refractivity contribution is 0.0945. The van der Waals surface area contributed by atoms with Crippen molar-refractivity contribution >= 4 is 11.9 Å². The summed E-state index contributed by atoms with van der Waals surface area (Å²) in [6.07, 6.45) is 4.16. The first-order chi connectivity index (χ1) is 8.20. The maximum atomic E-state index is 12.0. The second-order valence-electron chi connectivity index (χ2n) is 5.36. The molecular weight excluding hydrogens is 216 g/mol. The molecule has 0 aromatic carbocycles. The number of carbonyl (C=O) groups is 1. The Balaban J connectivity index is 2.00. The Morgan fingerprint density at radius 1 is 1.59 bits per heavy atom. The second-order valence-corrected chi connectivity index (χ2v) is 5.36. The molecule has 1 saturated carbocycles. The van der Waals surface area contributed by atoms with Gasteiger partial charge in [0.05, 0.1) is 0 Å². The van der Waals surface area contributed by atoms with Crippen LogP contribution in [0.15, 0.2) is 4.99 Å². The van der Waals surface area contributed by atoms with E-state index in [1.54, 1.807) is 0 Å². The first-order valence-corrected chi connectivity index (χ1v) is 6.58. The van der Waals surface area contributed by atoms with Crippen molar-refractivity contribution in [2.45, 2.75) is 44.2 Å². The van der Waals surface area contributed by atoms with Gasteiger partial charge in [-0.2, -0.15) is 4.99 Å². The lowest BCUT2D eigenvalue weighted by atomic mass is 9.75. The van der Waals surface area contributed by atoms with Crippen LogP contribution in [0.5, 0.6) is 0 Å². The van der Waals surface area contributed by atoms with E-state index in [2.05, 4.69) is 17.2 Å². The fourth-order valence-corrected chi connectivity index (χ4v) is 3.43. The number of nitrogens with two attached hydrogens (primary N) is 1. The highest BCUT2D eigenvalue weighted by atomic mass is 16.2. The van der Waals surface area contributed by atoms with E-state index in [9.17, 15) is 4.79 Å². The van der Waals surface area contributed by atoms with E-state index in [-0.39, 0.29) is 11.6 Å². The molecule has 17 heavy (non-hydrogen) atoms. The van der Waals surface area contributed by atoms with Gasteiger partial charge in [0, 0.05) is 18.5 Å². The number of amides is 2. The maximum absolute atomic E-state index is 12.0. The van der Waals surface area contributed by atoms with Gasteiger partial charge in [0.15, 0.2) is 0 Å². The van der Waals surface area contributed by atoms with Gasteiger partial charge in [0.25, 0.3) is 0 Å². The third-order valence-electron chi connectivity index (χ3n) is 4.45. The van der Waals surface area contributed by atoms with Crippen LogP contribution in [0, 0.1) is 5.92 Å². The van der Waals surface area contributed by atoms with Crippen LogP contribution in [-0.4, -0.2) is 41.4 Å². The van der Waals surface area contributed by atoms with Crippen molar-refractivity contribution in [2.75, 3.05) is 13.1 Å². The molecule has 0 radical (unpaired) electrons. The number of rotatable bonds is 2.